The number of amides is 2. The Morgan fingerprint density at radius 2 is 1.79 bits per heavy atom. The highest BCUT2D eigenvalue weighted by molar-refractivity contribution is 7.91. The molecule has 4 N–H and O–H groups in total. The van der Waals surface area contributed by atoms with Gasteiger partial charge in [0.1, 0.15) is 5.60 Å². The van der Waals surface area contributed by atoms with Gasteiger partial charge in [-0.05, 0) is 41.0 Å². The van der Waals surface area contributed by atoms with Gasteiger partial charge in [-0.1, -0.05) is 0 Å². The van der Waals surface area contributed by atoms with Gasteiger partial charge in [0.2, 0.25) is 5.91 Å². The van der Waals surface area contributed by atoms with Gasteiger partial charge in [-0.3, -0.25) is 9.79 Å². The molecular weight excluding hydrogens is 398 g/mol. The maximum Gasteiger partial charge on any atom is 0.408 e. The SMILES string of the molecule is CN=C(NCCC(=O)NC1CCS(=O)(=O)C1)NCC(C)(C)NC(=O)OC(C)(C)C. The Bertz CT molecular complexity index is 713. The number of ether oxygens (including phenoxy) is 1. The molecule has 0 radical (unpaired) electrons. The third-order valence-electron chi connectivity index (χ3n) is 4.00. The first kappa shape index (κ1) is 25.0. The molecule has 1 unspecified atom stereocenters. The number of rotatable bonds is 7. The van der Waals surface area contributed by atoms with Crippen LogP contribution in [0.4, 0.5) is 4.79 Å². The van der Waals surface area contributed by atoms with E-state index in [1.165, 1.54) is 0 Å². The summed E-state index contributed by atoms with van der Waals surface area (Å²) >= 11 is 0. The smallest absolute Gasteiger partial charge is 0.408 e. The Hall–Kier alpha value is -2.04. The minimum Gasteiger partial charge on any atom is -0.444 e. The zero-order valence-corrected chi connectivity index (χ0v) is 19.0. The molecule has 1 atom stereocenters. The normalized spacial score (nSPS) is 19.4. The number of sulfone groups is 1. The van der Waals surface area contributed by atoms with E-state index in [-0.39, 0.29) is 29.9 Å². The lowest BCUT2D eigenvalue weighted by molar-refractivity contribution is -0.121. The van der Waals surface area contributed by atoms with E-state index >= 15 is 0 Å². The molecule has 0 spiro atoms. The highest BCUT2D eigenvalue weighted by Gasteiger charge is 2.29. The maximum atomic E-state index is 12.0. The topological polar surface area (TPSA) is 138 Å². The zero-order chi connectivity index (χ0) is 22.3. The Labute approximate surface area is 173 Å². The number of aliphatic imine (C=N–C) groups is 1. The van der Waals surface area contributed by atoms with E-state index < -0.39 is 27.1 Å². The number of nitrogens with zero attached hydrogens (tertiary/aromatic N) is 1. The highest BCUT2D eigenvalue weighted by Crippen LogP contribution is 2.11. The van der Waals surface area contributed by atoms with Gasteiger partial charge in [-0.2, -0.15) is 0 Å². The van der Waals surface area contributed by atoms with E-state index in [0.717, 1.165) is 0 Å². The molecule has 2 amide bonds. The molecular formula is C18H35N5O5S. The monoisotopic (exact) mass is 433 g/mol. The molecule has 1 rings (SSSR count). The summed E-state index contributed by atoms with van der Waals surface area (Å²) < 4.78 is 28.1. The van der Waals surface area contributed by atoms with Crippen molar-refractivity contribution in [2.45, 2.75) is 64.6 Å². The van der Waals surface area contributed by atoms with Crippen molar-refractivity contribution in [2.75, 3.05) is 31.6 Å². The van der Waals surface area contributed by atoms with Crippen molar-refractivity contribution < 1.29 is 22.7 Å². The average molecular weight is 434 g/mol. The Kier molecular flexibility index (Phi) is 8.73. The third kappa shape index (κ3) is 10.9. The molecule has 168 valence electrons. The molecule has 1 aliphatic rings. The predicted octanol–water partition coefficient (Wildman–Crippen LogP) is 0.148. The standard InChI is InChI=1S/C18H35N5O5S/c1-17(2,3)28-16(25)23-18(4,5)12-21-15(19-6)20-9-7-14(24)22-13-8-10-29(26,27)11-13/h13H,7-12H2,1-6H3,(H,22,24)(H,23,25)(H2,19,20,21). The molecule has 0 saturated carbocycles. The molecule has 1 saturated heterocycles. The minimum absolute atomic E-state index is 0.00905. The quantitative estimate of drug-likeness (QED) is 0.331. The molecule has 1 fully saturated rings. The first-order chi connectivity index (χ1) is 13.2. The first-order valence-electron chi connectivity index (χ1n) is 9.67. The van der Waals surface area contributed by atoms with Crippen LogP contribution in [0.15, 0.2) is 4.99 Å². The van der Waals surface area contributed by atoms with E-state index in [4.69, 9.17) is 4.74 Å². The molecule has 11 heteroatoms. The Morgan fingerprint density at radius 1 is 1.14 bits per heavy atom. The number of carbonyl (C=O) groups is 2. The van der Waals surface area contributed by atoms with Crippen molar-refractivity contribution in [3.05, 3.63) is 0 Å². The molecule has 0 aromatic rings. The second-order valence-corrected chi connectivity index (χ2v) is 11.0. The van der Waals surface area contributed by atoms with Crippen molar-refractivity contribution in [3.8, 4) is 0 Å². The minimum atomic E-state index is -3.02. The van der Waals surface area contributed by atoms with E-state index in [1.54, 1.807) is 27.8 Å². The molecule has 0 bridgehead atoms. The lowest BCUT2D eigenvalue weighted by Gasteiger charge is -2.29. The van der Waals surface area contributed by atoms with Crippen LogP contribution in [0, 0.1) is 0 Å². The second-order valence-electron chi connectivity index (χ2n) is 8.78. The lowest BCUT2D eigenvalue weighted by Crippen LogP contribution is -2.54. The molecule has 10 nitrogen and oxygen atoms in total. The summed E-state index contributed by atoms with van der Waals surface area (Å²) in [4.78, 5) is 28.0. The molecule has 0 aromatic carbocycles. The molecule has 0 aromatic heterocycles. The Morgan fingerprint density at radius 3 is 2.31 bits per heavy atom. The number of hydrogen-bond donors (Lipinski definition) is 4. The number of carbonyl (C=O) groups excluding carboxylic acids is 2. The van der Waals surface area contributed by atoms with Gasteiger partial charge in [0, 0.05) is 32.6 Å². The lowest BCUT2D eigenvalue weighted by atomic mass is 10.1. The summed E-state index contributed by atoms with van der Waals surface area (Å²) in [6.07, 6.45) is 0.152. The van der Waals surface area contributed by atoms with Crippen LogP contribution >= 0.6 is 0 Å². The molecule has 0 aliphatic carbocycles. The van der Waals surface area contributed by atoms with Gasteiger partial charge in [-0.25, -0.2) is 13.2 Å². The maximum absolute atomic E-state index is 12.0. The predicted molar refractivity (Wildman–Crippen MR) is 113 cm³/mol. The molecule has 1 heterocycles. The van der Waals surface area contributed by atoms with Crippen molar-refractivity contribution in [1.29, 1.82) is 0 Å². The van der Waals surface area contributed by atoms with E-state index in [9.17, 15) is 18.0 Å². The van der Waals surface area contributed by atoms with E-state index in [1.807, 2.05) is 13.8 Å². The van der Waals surface area contributed by atoms with Gasteiger partial charge < -0.3 is 26.0 Å². The molecule has 29 heavy (non-hydrogen) atoms. The summed E-state index contributed by atoms with van der Waals surface area (Å²) in [5, 5.41) is 11.7. The summed E-state index contributed by atoms with van der Waals surface area (Å²) in [5.41, 5.74) is -1.17. The van der Waals surface area contributed by atoms with E-state index in [0.29, 0.717) is 25.5 Å². The van der Waals surface area contributed by atoms with E-state index in [2.05, 4.69) is 26.3 Å². The number of alkyl carbamates (subject to hydrolysis) is 1. The number of hydrogen-bond acceptors (Lipinski definition) is 6. The fraction of sp³-hybridized carbons (Fsp3) is 0.833. The van der Waals surface area contributed by atoms with Crippen molar-refractivity contribution in [3.63, 3.8) is 0 Å². The van der Waals surface area contributed by atoms with Crippen LogP contribution in [-0.2, 0) is 19.4 Å². The largest absolute Gasteiger partial charge is 0.444 e. The van der Waals surface area contributed by atoms with Crippen molar-refractivity contribution >= 4 is 27.8 Å². The van der Waals surface area contributed by atoms with Crippen LogP contribution in [-0.4, -0.2) is 75.2 Å². The third-order valence-corrected chi connectivity index (χ3v) is 5.77. The van der Waals surface area contributed by atoms with Crippen LogP contribution in [0.5, 0.6) is 0 Å². The van der Waals surface area contributed by atoms with Gasteiger partial charge >= 0.3 is 6.09 Å². The van der Waals surface area contributed by atoms with Gasteiger partial charge in [-0.15, -0.1) is 0 Å². The van der Waals surface area contributed by atoms with Gasteiger partial charge in [0.25, 0.3) is 0 Å². The highest BCUT2D eigenvalue weighted by atomic mass is 32.2. The summed E-state index contributed by atoms with van der Waals surface area (Å²) in [6, 6.07) is -0.301. The fourth-order valence-electron chi connectivity index (χ4n) is 2.65. The average Bonchev–Trinajstić information content (AvgIpc) is 2.86. The van der Waals surface area contributed by atoms with Crippen LogP contribution < -0.4 is 21.3 Å². The number of nitrogens with one attached hydrogen (secondary N) is 4. The van der Waals surface area contributed by atoms with Gasteiger partial charge in [0.05, 0.1) is 17.0 Å². The van der Waals surface area contributed by atoms with Crippen LogP contribution in [0.1, 0.15) is 47.5 Å². The summed E-state index contributed by atoms with van der Waals surface area (Å²) in [7, 11) is -1.41. The number of guanidine groups is 1. The van der Waals surface area contributed by atoms with Crippen LogP contribution in [0.3, 0.4) is 0 Å². The molecule has 1 aliphatic heterocycles. The summed E-state index contributed by atoms with van der Waals surface area (Å²) in [6.45, 7) is 9.81. The van der Waals surface area contributed by atoms with Crippen molar-refractivity contribution in [2.24, 2.45) is 4.99 Å². The first-order valence-corrected chi connectivity index (χ1v) is 11.5. The van der Waals surface area contributed by atoms with Crippen LogP contribution in [0.2, 0.25) is 0 Å². The Balaban J connectivity index is 2.33. The van der Waals surface area contributed by atoms with Crippen molar-refractivity contribution in [1.82, 2.24) is 21.3 Å². The van der Waals surface area contributed by atoms with Gasteiger partial charge in [0.15, 0.2) is 15.8 Å². The second kappa shape index (κ2) is 10.1. The van der Waals surface area contributed by atoms with Crippen LogP contribution in [0.25, 0.3) is 0 Å². The summed E-state index contributed by atoms with van der Waals surface area (Å²) in [5.74, 6) is 0.414. The fourth-order valence-corrected chi connectivity index (χ4v) is 4.33. The zero-order valence-electron chi connectivity index (χ0n) is 18.2.